The Hall–Kier alpha value is -11.8. The molecule has 13 rings (SSSR count). The van der Waals surface area contributed by atoms with Crippen molar-refractivity contribution in [1.82, 2.24) is 37.2 Å². The van der Waals surface area contributed by atoms with Crippen molar-refractivity contribution >= 4 is 47.5 Å². The number of carbonyl (C=O) groups excluding carboxylic acids is 8. The maximum absolute atomic E-state index is 15.8. The average molecular weight is 1270 g/mol. The molecule has 0 saturated carbocycles. The summed E-state index contributed by atoms with van der Waals surface area (Å²) in [7, 11) is 0.969. The number of ether oxygens (including phenoxy) is 5. The number of phenols is 6. The first-order valence-corrected chi connectivity index (χ1v) is 28.5. The van der Waals surface area contributed by atoms with E-state index in [0.717, 1.165) is 61.7 Å². The molecule has 7 aromatic carbocycles. The van der Waals surface area contributed by atoms with Crippen LogP contribution in [-0.4, -0.2) is 113 Å². The zero-order valence-corrected chi connectivity index (χ0v) is 49.6. The van der Waals surface area contributed by atoms with E-state index in [-0.39, 0.29) is 73.1 Å². The van der Waals surface area contributed by atoms with Gasteiger partial charge in [-0.3, -0.25) is 28.8 Å². The summed E-state index contributed by atoms with van der Waals surface area (Å²) >= 11 is 0. The van der Waals surface area contributed by atoms with E-state index in [1.54, 1.807) is 20.8 Å². The van der Waals surface area contributed by atoms with Gasteiger partial charge in [-0.15, -0.1) is 0 Å². The molecule has 480 valence electrons. The van der Waals surface area contributed by atoms with Crippen LogP contribution in [0.2, 0.25) is 0 Å². The highest BCUT2D eigenvalue weighted by atomic mass is 16.6. The molecule has 28 heteroatoms. The molecule has 6 aliphatic heterocycles. The number of aliphatic hydroxyl groups excluding tert-OH is 2. The summed E-state index contributed by atoms with van der Waals surface area (Å²) in [5, 5.41) is 111. The second kappa shape index (κ2) is 24.5. The number of esters is 1. The maximum Gasteiger partial charge on any atom is 0.408 e. The molecule has 15 N–H and O–H groups in total. The SMILES string of the molecule is COC(=O)[C@H]1NC(=O)[C@H]2NC(=O)[C@H](NC(=O)[C@@H]3NC(=O)[C@H]4NC(=O)[C@H](NC(=O)[C@H](NC(=O)OC(C)(C)C)c5ccc(O)c(c5)Oc5cc4cc(O)c5C)[C@H](O)c4ccc(cc4)Oc4cc3cc(c4O)Oc3ccc(cc3)[C@H]2O)c2ccc(O)c(c2)-c2c(O)cc(O)cc21. The molecule has 0 unspecified atom stereocenters. The van der Waals surface area contributed by atoms with Crippen molar-refractivity contribution in [2.75, 3.05) is 7.11 Å². The van der Waals surface area contributed by atoms with E-state index in [2.05, 4.69) is 37.2 Å². The van der Waals surface area contributed by atoms with E-state index in [1.165, 1.54) is 73.7 Å². The van der Waals surface area contributed by atoms with Gasteiger partial charge in [0.05, 0.1) is 7.11 Å². The molecule has 0 saturated heterocycles. The average Bonchev–Trinajstić information content (AvgIpc) is 0.791. The number of aliphatic hydroxyl groups is 2. The minimum Gasteiger partial charge on any atom is -0.508 e. The molecule has 0 radical (unpaired) electrons. The summed E-state index contributed by atoms with van der Waals surface area (Å²) in [5.41, 5.74) is -3.28. The molecule has 9 atom stereocenters. The van der Waals surface area contributed by atoms with E-state index >= 15 is 19.2 Å². The van der Waals surface area contributed by atoms with Crippen molar-refractivity contribution in [1.29, 1.82) is 0 Å². The fraction of sp³-hybridized carbons (Fsp3) is 0.231. The lowest BCUT2D eigenvalue weighted by Gasteiger charge is -2.31. The van der Waals surface area contributed by atoms with E-state index < -0.39 is 159 Å². The number of phenolic OH excluding ortho intramolecular Hbond substituents is 6. The smallest absolute Gasteiger partial charge is 0.408 e. The summed E-state index contributed by atoms with van der Waals surface area (Å²) in [6.45, 7) is 6.07. The number of benzene rings is 7. The summed E-state index contributed by atoms with van der Waals surface area (Å²) in [6, 6.07) is 9.11. The molecule has 7 aromatic rings. The summed E-state index contributed by atoms with van der Waals surface area (Å²) in [5.74, 6) is -14.4. The number of alkyl carbamates (subject to hydrolysis) is 1. The fourth-order valence-electron chi connectivity index (χ4n) is 11.0. The predicted octanol–water partition coefficient (Wildman–Crippen LogP) is 5.13. The van der Waals surface area contributed by atoms with Gasteiger partial charge in [-0.1, -0.05) is 36.4 Å². The molecule has 7 amide bonds. The number of hydrogen-bond donors (Lipinski definition) is 15. The van der Waals surface area contributed by atoms with Gasteiger partial charge in [0.15, 0.2) is 29.0 Å². The molecule has 6 aliphatic rings. The van der Waals surface area contributed by atoms with Gasteiger partial charge < -0.3 is 102 Å². The Bertz CT molecular complexity index is 4250. The molecule has 6 heterocycles. The van der Waals surface area contributed by atoms with Gasteiger partial charge in [0, 0.05) is 28.3 Å². The van der Waals surface area contributed by atoms with Gasteiger partial charge in [0.2, 0.25) is 41.2 Å². The van der Waals surface area contributed by atoms with Crippen LogP contribution in [0.15, 0.2) is 121 Å². The number of aromatic hydroxyl groups is 6. The van der Waals surface area contributed by atoms with Crippen LogP contribution in [0.3, 0.4) is 0 Å². The predicted molar refractivity (Wildman–Crippen MR) is 320 cm³/mol. The quantitative estimate of drug-likeness (QED) is 0.0997. The lowest BCUT2D eigenvalue weighted by Crippen LogP contribution is -2.56. The molecule has 17 bridgehead atoms. The Morgan fingerprint density at radius 3 is 1.55 bits per heavy atom. The number of rotatable bonds is 2. The number of fused-ring (bicyclic) bond motifs is 14. The third-order valence-electron chi connectivity index (χ3n) is 15.7. The van der Waals surface area contributed by atoms with Gasteiger partial charge in [-0.25, -0.2) is 9.59 Å². The van der Waals surface area contributed by atoms with Crippen LogP contribution in [0.25, 0.3) is 11.1 Å². The zero-order valence-electron chi connectivity index (χ0n) is 49.6. The van der Waals surface area contributed by atoms with Crippen LogP contribution >= 0.6 is 0 Å². The van der Waals surface area contributed by atoms with Crippen LogP contribution in [0.5, 0.6) is 69.0 Å². The van der Waals surface area contributed by atoms with Gasteiger partial charge >= 0.3 is 12.1 Å². The zero-order chi connectivity index (χ0) is 66.6. The molecule has 0 aliphatic carbocycles. The van der Waals surface area contributed by atoms with Crippen molar-refractivity contribution in [2.24, 2.45) is 0 Å². The first kappa shape index (κ1) is 62.8. The normalized spacial score (nSPS) is 22.0. The minimum atomic E-state index is -2.18. The fourth-order valence-corrected chi connectivity index (χ4v) is 11.0. The van der Waals surface area contributed by atoms with E-state index in [4.69, 9.17) is 23.7 Å². The molecular weight excluding hydrogens is 1210 g/mol. The van der Waals surface area contributed by atoms with Crippen LogP contribution in [0, 0.1) is 6.92 Å². The molecule has 0 aromatic heterocycles. The molecule has 28 nitrogen and oxygen atoms in total. The second-order valence-corrected chi connectivity index (χ2v) is 23.1. The Kier molecular flexibility index (Phi) is 16.6. The Morgan fingerprint density at radius 2 is 0.968 bits per heavy atom. The van der Waals surface area contributed by atoms with Gasteiger partial charge in [0.1, 0.15) is 94.3 Å². The number of methoxy groups -OCH3 is 1. The Balaban J connectivity index is 1.12. The number of hydrogen-bond acceptors (Lipinski definition) is 21. The minimum absolute atomic E-state index is 0.00993. The topological polar surface area (TPSA) is 429 Å². The Labute approximate surface area is 526 Å². The molecule has 0 spiro atoms. The van der Waals surface area contributed by atoms with E-state index in [9.17, 15) is 60.0 Å². The molecule has 0 fully saturated rings. The standard InChI is InChI=1S/C65H59N7O21/c1-26-40(76)19-31-21-42(26)92-43-20-30(11-17-39(43)75)48(72-64(88)93-65(2,3)4)58(82)71-52-54(78)27-6-12-34(13-7-27)90-44-22-32-23-45(56(44)80)91-35-14-8-28(9-15-35)55(79)53-62(86)69-51(63(87)89-5)37-24-33(73)25-41(77)46(37)36-18-29(10-16-38(36)74)47(57(81)70-53)66-60(84)50(32)67-59(83)49(31)68-61(52)85/h6-25,47-55,73-80H,1-5H3,(H,66,84)(H,67,83)(H,68,85)(H,69,86)(H,70,81)(H,71,82)(H,72,88)/t47-,48-,49+,50-,51+,52-,53+,54-,55-/m1/s1. The van der Waals surface area contributed by atoms with Crippen molar-refractivity contribution in [3.8, 4) is 80.1 Å². The van der Waals surface area contributed by atoms with Gasteiger partial charge in [0.25, 0.3) is 0 Å². The number of carbonyl (C=O) groups is 8. The van der Waals surface area contributed by atoms with Gasteiger partial charge in [-0.05, 0) is 140 Å². The highest BCUT2D eigenvalue weighted by Crippen LogP contribution is 2.47. The maximum atomic E-state index is 15.8. The summed E-state index contributed by atoms with van der Waals surface area (Å²) in [4.78, 5) is 119. The van der Waals surface area contributed by atoms with Crippen LogP contribution in [-0.2, 0) is 43.0 Å². The Morgan fingerprint density at radius 1 is 0.484 bits per heavy atom. The molecule has 93 heavy (non-hydrogen) atoms. The first-order chi connectivity index (χ1) is 44.1. The third-order valence-corrected chi connectivity index (χ3v) is 15.7. The van der Waals surface area contributed by atoms with Gasteiger partial charge in [-0.2, -0.15) is 0 Å². The number of nitrogens with one attached hydrogen (secondary N) is 7. The molecular formula is C65H59N7O21. The highest BCUT2D eigenvalue weighted by Gasteiger charge is 2.43. The lowest BCUT2D eigenvalue weighted by molar-refractivity contribution is -0.146. The summed E-state index contributed by atoms with van der Waals surface area (Å²) in [6.07, 6.45) is -5.18. The largest absolute Gasteiger partial charge is 0.508 e. The van der Waals surface area contributed by atoms with E-state index in [1.807, 2.05) is 0 Å². The monoisotopic (exact) mass is 1270 g/mol. The van der Waals surface area contributed by atoms with Crippen LogP contribution < -0.4 is 51.4 Å². The van der Waals surface area contributed by atoms with Crippen molar-refractivity contribution in [3.05, 3.63) is 166 Å². The van der Waals surface area contributed by atoms with Crippen molar-refractivity contribution in [2.45, 2.75) is 87.8 Å². The third kappa shape index (κ3) is 12.6. The summed E-state index contributed by atoms with van der Waals surface area (Å²) < 4.78 is 29.2. The van der Waals surface area contributed by atoms with E-state index in [0.29, 0.717) is 0 Å². The van der Waals surface area contributed by atoms with Crippen LogP contribution in [0.1, 0.15) is 108 Å². The lowest BCUT2D eigenvalue weighted by atomic mass is 9.89. The number of amides is 7. The van der Waals surface area contributed by atoms with Crippen molar-refractivity contribution < 1.29 is 103 Å². The van der Waals surface area contributed by atoms with Crippen molar-refractivity contribution in [3.63, 3.8) is 0 Å². The highest BCUT2D eigenvalue weighted by molar-refractivity contribution is 6.00. The van der Waals surface area contributed by atoms with Crippen LogP contribution in [0.4, 0.5) is 4.79 Å². The second-order valence-electron chi connectivity index (χ2n) is 23.1. The first-order valence-electron chi connectivity index (χ1n) is 28.5.